The maximum Gasteiger partial charge on any atom is 0.320 e. The molecule has 1 aliphatic carbocycles. The molecule has 1 saturated heterocycles. The first kappa shape index (κ1) is 12.5. The summed E-state index contributed by atoms with van der Waals surface area (Å²) in [5.41, 5.74) is 0.633. The minimum atomic E-state index is -0.708. The number of amides is 2. The Balaban J connectivity index is 1.77. The first-order valence-electron chi connectivity index (χ1n) is 7.02. The summed E-state index contributed by atoms with van der Waals surface area (Å²) in [6, 6.07) is 9.67. The van der Waals surface area contributed by atoms with Gasteiger partial charge in [-0.25, -0.2) is 4.79 Å². The highest BCUT2D eigenvalue weighted by atomic mass is 16.3. The SMILES string of the molecule is O=C1NC2(CCCCC2)C(O)N1Cc1ccccc1. The maximum absolute atomic E-state index is 12.1. The lowest BCUT2D eigenvalue weighted by molar-refractivity contribution is -0.0161. The molecule has 1 atom stereocenters. The summed E-state index contributed by atoms with van der Waals surface area (Å²) in [5, 5.41) is 13.6. The van der Waals surface area contributed by atoms with Gasteiger partial charge in [0.05, 0.1) is 12.1 Å². The van der Waals surface area contributed by atoms with E-state index in [0.717, 1.165) is 31.2 Å². The summed E-state index contributed by atoms with van der Waals surface area (Å²) in [6.45, 7) is 0.468. The zero-order valence-electron chi connectivity index (χ0n) is 11.0. The van der Waals surface area contributed by atoms with Crippen LogP contribution in [-0.2, 0) is 6.54 Å². The third-order valence-corrected chi connectivity index (χ3v) is 4.35. The number of nitrogens with zero attached hydrogens (tertiary/aromatic N) is 1. The second kappa shape index (κ2) is 4.85. The number of carbonyl (C=O) groups excluding carboxylic acids is 1. The molecule has 1 saturated carbocycles. The van der Waals surface area contributed by atoms with Crippen molar-refractivity contribution in [2.24, 2.45) is 0 Å². The second-order valence-corrected chi connectivity index (χ2v) is 5.63. The van der Waals surface area contributed by atoms with Crippen molar-refractivity contribution in [3.63, 3.8) is 0 Å². The molecular weight excluding hydrogens is 240 g/mol. The van der Waals surface area contributed by atoms with E-state index in [4.69, 9.17) is 0 Å². The van der Waals surface area contributed by atoms with Gasteiger partial charge < -0.3 is 10.4 Å². The van der Waals surface area contributed by atoms with E-state index in [2.05, 4.69) is 5.32 Å². The number of aliphatic hydroxyl groups excluding tert-OH is 1. The van der Waals surface area contributed by atoms with Crippen molar-refractivity contribution in [3.8, 4) is 0 Å². The van der Waals surface area contributed by atoms with Crippen molar-refractivity contribution in [3.05, 3.63) is 35.9 Å². The van der Waals surface area contributed by atoms with E-state index in [1.54, 1.807) is 4.90 Å². The highest BCUT2D eigenvalue weighted by Gasteiger charge is 2.50. The number of nitrogens with one attached hydrogen (secondary N) is 1. The molecule has 2 N–H and O–H groups in total. The lowest BCUT2D eigenvalue weighted by atomic mass is 9.81. The Labute approximate surface area is 113 Å². The van der Waals surface area contributed by atoms with Gasteiger partial charge in [-0.2, -0.15) is 0 Å². The number of carbonyl (C=O) groups is 1. The van der Waals surface area contributed by atoms with Crippen molar-refractivity contribution in [1.29, 1.82) is 0 Å². The fourth-order valence-electron chi connectivity index (χ4n) is 3.26. The quantitative estimate of drug-likeness (QED) is 0.856. The first-order chi connectivity index (χ1) is 9.21. The average Bonchev–Trinajstić information content (AvgIpc) is 2.66. The highest BCUT2D eigenvalue weighted by Crippen LogP contribution is 2.36. The fourth-order valence-corrected chi connectivity index (χ4v) is 3.26. The van der Waals surface area contributed by atoms with Gasteiger partial charge in [0.1, 0.15) is 0 Å². The molecule has 2 fully saturated rings. The maximum atomic E-state index is 12.1. The van der Waals surface area contributed by atoms with Crippen LogP contribution in [0, 0.1) is 0 Å². The molecule has 3 rings (SSSR count). The molecule has 1 aliphatic heterocycles. The smallest absolute Gasteiger partial charge is 0.320 e. The number of rotatable bonds is 2. The van der Waals surface area contributed by atoms with Gasteiger partial charge in [-0.1, -0.05) is 49.6 Å². The molecule has 1 aromatic carbocycles. The monoisotopic (exact) mass is 260 g/mol. The van der Waals surface area contributed by atoms with E-state index in [1.165, 1.54) is 6.42 Å². The van der Waals surface area contributed by atoms with Crippen molar-refractivity contribution in [2.75, 3.05) is 0 Å². The molecule has 0 radical (unpaired) electrons. The number of hydrogen-bond acceptors (Lipinski definition) is 2. The summed E-state index contributed by atoms with van der Waals surface area (Å²) in [5.74, 6) is 0. The van der Waals surface area contributed by atoms with Crippen LogP contribution in [0.15, 0.2) is 30.3 Å². The number of hydrogen-bond donors (Lipinski definition) is 2. The van der Waals surface area contributed by atoms with Gasteiger partial charge in [0.25, 0.3) is 0 Å². The van der Waals surface area contributed by atoms with Gasteiger partial charge in [-0.05, 0) is 18.4 Å². The number of urea groups is 1. The summed E-state index contributed by atoms with van der Waals surface area (Å²) >= 11 is 0. The lowest BCUT2D eigenvalue weighted by Crippen LogP contribution is -2.51. The molecule has 0 aromatic heterocycles. The van der Waals surface area contributed by atoms with E-state index in [1.807, 2.05) is 30.3 Å². The molecule has 1 heterocycles. The first-order valence-corrected chi connectivity index (χ1v) is 7.02. The molecule has 1 spiro atoms. The van der Waals surface area contributed by atoms with Gasteiger partial charge in [0, 0.05) is 0 Å². The summed E-state index contributed by atoms with van der Waals surface area (Å²) in [7, 11) is 0. The number of benzene rings is 1. The highest BCUT2D eigenvalue weighted by molar-refractivity contribution is 5.78. The van der Waals surface area contributed by atoms with Crippen LogP contribution in [0.3, 0.4) is 0 Å². The standard InChI is InChI=1S/C15H20N2O2/c18-13-15(9-5-2-6-10-15)16-14(19)17(13)11-12-7-3-1-4-8-12/h1,3-4,7-8,13,18H,2,5-6,9-11H2,(H,16,19). The Morgan fingerprint density at radius 3 is 2.58 bits per heavy atom. The summed E-state index contributed by atoms with van der Waals surface area (Å²) in [6.07, 6.45) is 4.41. The Kier molecular flexibility index (Phi) is 3.19. The minimum absolute atomic E-state index is 0.141. The fraction of sp³-hybridized carbons (Fsp3) is 0.533. The van der Waals surface area contributed by atoms with Crippen LogP contribution < -0.4 is 5.32 Å². The van der Waals surface area contributed by atoms with Gasteiger partial charge >= 0.3 is 6.03 Å². The van der Waals surface area contributed by atoms with Crippen LogP contribution in [0.5, 0.6) is 0 Å². The van der Waals surface area contributed by atoms with Crippen molar-refractivity contribution < 1.29 is 9.90 Å². The normalized spacial score (nSPS) is 25.6. The van der Waals surface area contributed by atoms with Crippen molar-refractivity contribution in [2.45, 2.75) is 50.4 Å². The molecule has 0 bridgehead atoms. The molecule has 4 heteroatoms. The molecule has 1 aromatic rings. The van der Waals surface area contributed by atoms with Crippen LogP contribution in [0.1, 0.15) is 37.7 Å². The van der Waals surface area contributed by atoms with Gasteiger partial charge in [0.15, 0.2) is 6.23 Å². The topological polar surface area (TPSA) is 52.6 Å². The largest absolute Gasteiger partial charge is 0.371 e. The van der Waals surface area contributed by atoms with E-state index in [0.29, 0.717) is 6.54 Å². The summed E-state index contributed by atoms with van der Waals surface area (Å²) < 4.78 is 0. The van der Waals surface area contributed by atoms with Crippen LogP contribution in [0.4, 0.5) is 4.79 Å². The molecule has 1 unspecified atom stereocenters. The van der Waals surface area contributed by atoms with Crippen LogP contribution in [0.25, 0.3) is 0 Å². The Bertz CT molecular complexity index is 454. The number of aliphatic hydroxyl groups is 1. The molecule has 2 aliphatic rings. The second-order valence-electron chi connectivity index (χ2n) is 5.63. The molecule has 4 nitrogen and oxygen atoms in total. The lowest BCUT2D eigenvalue weighted by Gasteiger charge is -2.36. The van der Waals surface area contributed by atoms with Crippen LogP contribution in [0.2, 0.25) is 0 Å². The molecular formula is C15H20N2O2. The van der Waals surface area contributed by atoms with E-state index in [-0.39, 0.29) is 6.03 Å². The Morgan fingerprint density at radius 2 is 1.89 bits per heavy atom. The zero-order valence-corrected chi connectivity index (χ0v) is 11.0. The third-order valence-electron chi connectivity index (χ3n) is 4.35. The Morgan fingerprint density at radius 1 is 1.21 bits per heavy atom. The minimum Gasteiger partial charge on any atom is -0.371 e. The predicted molar refractivity (Wildman–Crippen MR) is 72.3 cm³/mol. The molecule has 19 heavy (non-hydrogen) atoms. The van der Waals surface area contributed by atoms with E-state index < -0.39 is 11.8 Å². The van der Waals surface area contributed by atoms with Crippen molar-refractivity contribution >= 4 is 6.03 Å². The third kappa shape index (κ3) is 2.21. The summed E-state index contributed by atoms with van der Waals surface area (Å²) in [4.78, 5) is 13.7. The van der Waals surface area contributed by atoms with E-state index in [9.17, 15) is 9.90 Å². The molecule has 102 valence electrons. The predicted octanol–water partition coefficient (Wildman–Crippen LogP) is 2.23. The van der Waals surface area contributed by atoms with Gasteiger partial charge in [-0.15, -0.1) is 0 Å². The van der Waals surface area contributed by atoms with Crippen LogP contribution in [-0.4, -0.2) is 27.8 Å². The van der Waals surface area contributed by atoms with Gasteiger partial charge in [-0.3, -0.25) is 4.90 Å². The molecule has 2 amide bonds. The average molecular weight is 260 g/mol. The Hall–Kier alpha value is -1.55. The van der Waals surface area contributed by atoms with Gasteiger partial charge in [0.2, 0.25) is 0 Å². The van der Waals surface area contributed by atoms with E-state index >= 15 is 0 Å². The van der Waals surface area contributed by atoms with Crippen molar-refractivity contribution in [1.82, 2.24) is 10.2 Å². The van der Waals surface area contributed by atoms with Crippen LogP contribution >= 0.6 is 0 Å². The zero-order chi connectivity index (χ0) is 13.3.